The van der Waals surface area contributed by atoms with Crippen LogP contribution in [0.25, 0.3) is 0 Å². The third-order valence-electron chi connectivity index (χ3n) is 1.64. The Bertz CT molecular complexity index is 233. The highest BCUT2D eigenvalue weighted by Gasteiger charge is 2.06. The minimum absolute atomic E-state index is 0.471. The van der Waals surface area contributed by atoms with Gasteiger partial charge in [-0.15, -0.1) is 0 Å². The average molecular weight is 170 g/mol. The van der Waals surface area contributed by atoms with E-state index in [9.17, 15) is 4.39 Å². The first-order chi connectivity index (χ1) is 5.77. The van der Waals surface area contributed by atoms with Gasteiger partial charge in [0.25, 0.3) is 0 Å². The molecule has 0 aromatic heterocycles. The molecule has 0 fully saturated rings. The first-order valence-electron chi connectivity index (χ1n) is 3.67. The van der Waals surface area contributed by atoms with E-state index >= 15 is 0 Å². The molecule has 3 heteroatoms. The number of aliphatic hydroxyl groups excluding tert-OH is 1. The van der Waals surface area contributed by atoms with Gasteiger partial charge in [0.15, 0.2) is 0 Å². The molecule has 1 aromatic rings. The number of hydrogen-bond donors (Lipinski definition) is 1. The third-order valence-corrected chi connectivity index (χ3v) is 1.64. The number of ether oxygens (including phenoxy) is 1. The molecule has 2 nitrogen and oxygen atoms in total. The highest BCUT2D eigenvalue weighted by atomic mass is 19.1. The van der Waals surface area contributed by atoms with Crippen molar-refractivity contribution in [3.05, 3.63) is 29.8 Å². The van der Waals surface area contributed by atoms with Crippen molar-refractivity contribution in [1.82, 2.24) is 0 Å². The van der Waals surface area contributed by atoms with Crippen LogP contribution in [0.3, 0.4) is 0 Å². The Labute approximate surface area is 70.6 Å². The Kier molecular flexibility index (Phi) is 3.05. The summed E-state index contributed by atoms with van der Waals surface area (Å²) >= 11 is 0. The molecule has 0 aliphatic heterocycles. The molecule has 1 unspecified atom stereocenters. The molecule has 0 amide bonds. The zero-order valence-electron chi connectivity index (χ0n) is 6.83. The third kappa shape index (κ3) is 1.95. The number of methoxy groups -OCH3 is 1. The van der Waals surface area contributed by atoms with Crippen LogP contribution < -0.4 is 4.74 Å². The van der Waals surface area contributed by atoms with E-state index in [2.05, 4.69) is 0 Å². The van der Waals surface area contributed by atoms with Crippen LogP contribution in [0, 0.1) is 0 Å². The van der Waals surface area contributed by atoms with Crippen molar-refractivity contribution in [2.24, 2.45) is 0 Å². The predicted molar refractivity (Wildman–Crippen MR) is 43.9 cm³/mol. The SMILES string of the molecule is COc1ccc(C(F)CO)cc1. The fourth-order valence-electron chi connectivity index (χ4n) is 0.918. The van der Waals surface area contributed by atoms with Crippen LogP contribution >= 0.6 is 0 Å². The lowest BCUT2D eigenvalue weighted by Gasteiger charge is -2.05. The molecule has 1 N–H and O–H groups in total. The highest BCUT2D eigenvalue weighted by Crippen LogP contribution is 2.19. The van der Waals surface area contributed by atoms with Crippen LogP contribution in [-0.2, 0) is 0 Å². The first-order valence-corrected chi connectivity index (χ1v) is 3.67. The van der Waals surface area contributed by atoms with Crippen LogP contribution in [0.5, 0.6) is 5.75 Å². The Morgan fingerprint density at radius 3 is 2.42 bits per heavy atom. The number of rotatable bonds is 3. The number of hydrogen-bond acceptors (Lipinski definition) is 2. The van der Waals surface area contributed by atoms with Gasteiger partial charge in [0.05, 0.1) is 13.7 Å². The summed E-state index contributed by atoms with van der Waals surface area (Å²) in [5.74, 6) is 0.684. The second kappa shape index (κ2) is 4.07. The summed E-state index contributed by atoms with van der Waals surface area (Å²) in [7, 11) is 1.55. The van der Waals surface area contributed by atoms with Gasteiger partial charge in [-0.25, -0.2) is 4.39 Å². The van der Waals surface area contributed by atoms with Crippen LogP contribution in [0.15, 0.2) is 24.3 Å². The van der Waals surface area contributed by atoms with Crippen molar-refractivity contribution in [3.63, 3.8) is 0 Å². The highest BCUT2D eigenvalue weighted by molar-refractivity contribution is 5.28. The summed E-state index contributed by atoms with van der Waals surface area (Å²) < 4.78 is 17.7. The van der Waals surface area contributed by atoms with Crippen LogP contribution in [0.4, 0.5) is 4.39 Å². The van der Waals surface area contributed by atoms with E-state index in [-0.39, 0.29) is 0 Å². The predicted octanol–water partition coefficient (Wildman–Crippen LogP) is 1.70. The fraction of sp³-hybridized carbons (Fsp3) is 0.333. The number of halogens is 1. The largest absolute Gasteiger partial charge is 0.497 e. The van der Waals surface area contributed by atoms with Crippen molar-refractivity contribution in [3.8, 4) is 5.75 Å². The van der Waals surface area contributed by atoms with Crippen molar-refractivity contribution in [1.29, 1.82) is 0 Å². The molecule has 0 aliphatic rings. The lowest BCUT2D eigenvalue weighted by molar-refractivity contribution is 0.180. The van der Waals surface area contributed by atoms with Gasteiger partial charge < -0.3 is 9.84 Å². The standard InChI is InChI=1S/C9H11FO2/c1-12-8-4-2-7(3-5-8)9(10)6-11/h2-5,9,11H,6H2,1H3. The zero-order chi connectivity index (χ0) is 8.97. The maximum atomic E-state index is 12.8. The lowest BCUT2D eigenvalue weighted by Crippen LogP contribution is -1.96. The van der Waals surface area contributed by atoms with E-state index in [0.717, 1.165) is 0 Å². The van der Waals surface area contributed by atoms with Gasteiger partial charge in [0, 0.05) is 0 Å². The molecule has 0 saturated heterocycles. The lowest BCUT2D eigenvalue weighted by atomic mass is 10.1. The first kappa shape index (κ1) is 9.00. The van der Waals surface area contributed by atoms with Crippen LogP contribution in [-0.4, -0.2) is 18.8 Å². The smallest absolute Gasteiger partial charge is 0.148 e. The second-order valence-corrected chi connectivity index (χ2v) is 2.42. The molecule has 0 heterocycles. The van der Waals surface area contributed by atoms with Crippen LogP contribution in [0.1, 0.15) is 11.7 Å². The Hall–Kier alpha value is -1.09. The van der Waals surface area contributed by atoms with Crippen molar-refractivity contribution in [2.75, 3.05) is 13.7 Å². The Balaban J connectivity index is 2.77. The van der Waals surface area contributed by atoms with Crippen molar-refractivity contribution < 1.29 is 14.2 Å². The molecule has 1 aromatic carbocycles. The van der Waals surface area contributed by atoms with Gasteiger partial charge in [-0.05, 0) is 17.7 Å². The van der Waals surface area contributed by atoms with E-state index in [1.165, 1.54) is 0 Å². The minimum atomic E-state index is -1.30. The normalized spacial score (nSPS) is 12.6. The van der Waals surface area contributed by atoms with Crippen molar-refractivity contribution >= 4 is 0 Å². The molecule has 66 valence electrons. The van der Waals surface area contributed by atoms with E-state index in [1.54, 1.807) is 31.4 Å². The van der Waals surface area contributed by atoms with Gasteiger partial charge in [-0.1, -0.05) is 12.1 Å². The molecule has 1 atom stereocenters. The second-order valence-electron chi connectivity index (χ2n) is 2.42. The van der Waals surface area contributed by atoms with E-state index in [1.807, 2.05) is 0 Å². The number of benzene rings is 1. The zero-order valence-corrected chi connectivity index (χ0v) is 6.83. The summed E-state index contributed by atoms with van der Waals surface area (Å²) in [5, 5.41) is 8.51. The monoisotopic (exact) mass is 170 g/mol. The molecule has 0 saturated carbocycles. The van der Waals surface area contributed by atoms with Gasteiger partial charge in [0.2, 0.25) is 0 Å². The molecule has 0 radical (unpaired) electrons. The van der Waals surface area contributed by atoms with Gasteiger partial charge in [-0.2, -0.15) is 0 Å². The van der Waals surface area contributed by atoms with Gasteiger partial charge in [0.1, 0.15) is 11.9 Å². The fourth-order valence-corrected chi connectivity index (χ4v) is 0.918. The summed E-state index contributed by atoms with van der Waals surface area (Å²) in [6.45, 7) is -0.480. The summed E-state index contributed by atoms with van der Waals surface area (Å²) in [6.07, 6.45) is -1.30. The number of alkyl halides is 1. The summed E-state index contributed by atoms with van der Waals surface area (Å²) in [6, 6.07) is 6.52. The number of aliphatic hydroxyl groups is 1. The minimum Gasteiger partial charge on any atom is -0.497 e. The summed E-state index contributed by atoms with van der Waals surface area (Å²) in [5.41, 5.74) is 0.471. The van der Waals surface area contributed by atoms with Gasteiger partial charge in [-0.3, -0.25) is 0 Å². The van der Waals surface area contributed by atoms with E-state index < -0.39 is 12.8 Å². The van der Waals surface area contributed by atoms with E-state index in [4.69, 9.17) is 9.84 Å². The molecule has 0 aliphatic carbocycles. The molecule has 0 spiro atoms. The Morgan fingerprint density at radius 1 is 1.42 bits per heavy atom. The molecular formula is C9H11FO2. The van der Waals surface area contributed by atoms with Crippen molar-refractivity contribution in [2.45, 2.75) is 6.17 Å². The maximum absolute atomic E-state index is 12.8. The molecule has 12 heavy (non-hydrogen) atoms. The quantitative estimate of drug-likeness (QED) is 0.748. The molecular weight excluding hydrogens is 159 g/mol. The maximum Gasteiger partial charge on any atom is 0.148 e. The summed E-state index contributed by atoms with van der Waals surface area (Å²) in [4.78, 5) is 0. The van der Waals surface area contributed by atoms with E-state index in [0.29, 0.717) is 11.3 Å². The molecule has 1 rings (SSSR count). The van der Waals surface area contributed by atoms with Crippen LogP contribution in [0.2, 0.25) is 0 Å². The Morgan fingerprint density at radius 2 is 2.00 bits per heavy atom. The average Bonchev–Trinajstić information content (AvgIpc) is 2.17. The molecule has 0 bridgehead atoms. The topological polar surface area (TPSA) is 29.5 Å². The van der Waals surface area contributed by atoms with Gasteiger partial charge >= 0.3 is 0 Å².